The van der Waals surface area contributed by atoms with E-state index in [0.29, 0.717) is 21.5 Å². The molecule has 0 aromatic heterocycles. The average Bonchev–Trinajstić information content (AvgIpc) is 2.81. The number of halogens is 5. The zero-order valence-electron chi connectivity index (χ0n) is 18.1. The first-order valence-corrected chi connectivity index (χ1v) is 12.0. The van der Waals surface area contributed by atoms with Gasteiger partial charge in [0.25, 0.3) is 0 Å². The predicted molar refractivity (Wildman–Crippen MR) is 151 cm³/mol. The molecule has 0 bridgehead atoms. The number of rotatable bonds is 6. The van der Waals surface area contributed by atoms with Gasteiger partial charge in [0.15, 0.2) is 0 Å². The Hall–Kier alpha value is -1.52. The van der Waals surface area contributed by atoms with Crippen molar-refractivity contribution in [2.75, 3.05) is 28.4 Å². The predicted octanol–water partition coefficient (Wildman–Crippen LogP) is 8.84. The minimum atomic E-state index is -1.21. The van der Waals surface area contributed by atoms with Crippen LogP contribution >= 0.6 is 59.4 Å². The van der Waals surface area contributed by atoms with Crippen molar-refractivity contribution in [3.05, 3.63) is 77.8 Å². The van der Waals surface area contributed by atoms with Gasteiger partial charge in [-0.1, -0.05) is 38.6 Å². The molecule has 0 aliphatic heterocycles. The Balaban J connectivity index is 0.000000712. The molecule has 1 N–H and O–H groups in total. The first-order valence-electron chi connectivity index (χ1n) is 9.28. The Morgan fingerprint density at radius 1 is 0.714 bits per heavy atom. The van der Waals surface area contributed by atoms with Crippen molar-refractivity contribution in [1.29, 1.82) is 0 Å². The maximum Gasteiger partial charge on any atom is 0.147 e. The van der Waals surface area contributed by atoms with Crippen LogP contribution < -0.4 is 18.9 Å². The van der Waals surface area contributed by atoms with Crippen LogP contribution in [0.3, 0.4) is 0 Å². The largest absolute Gasteiger partial charge is 0.496 e. The Morgan fingerprint density at radius 2 is 1.14 bits per heavy atom. The fourth-order valence-electron chi connectivity index (χ4n) is 2.82. The van der Waals surface area contributed by atoms with E-state index in [0.717, 1.165) is 20.4 Å². The number of benzene rings is 3. The van der Waals surface area contributed by atoms with Crippen LogP contribution in [0.4, 0.5) is 4.39 Å². The fourth-order valence-corrected chi connectivity index (χ4v) is 4.84. The molecule has 0 aliphatic carbocycles. The Morgan fingerprint density at radius 3 is 1.60 bits per heavy atom. The van der Waals surface area contributed by atoms with Crippen molar-refractivity contribution in [2.24, 2.45) is 0 Å². The van der Waals surface area contributed by atoms with E-state index in [1.807, 2.05) is 12.1 Å². The highest BCUT2D eigenvalue weighted by molar-refractivity contribution is 9.11. The first kappa shape index (κ1) is 33.5. The van der Waals surface area contributed by atoms with E-state index in [4.69, 9.17) is 30.5 Å². The molecular formula is C25H29Br3ClFO5. The number of hydrogen-bond donors (Lipinski definition) is 1. The Kier molecular flexibility index (Phi) is 14.9. The molecule has 35 heavy (non-hydrogen) atoms. The molecule has 3 aromatic carbocycles. The molecule has 0 radical (unpaired) electrons. The molecule has 3 aromatic rings. The van der Waals surface area contributed by atoms with Gasteiger partial charge in [-0.2, -0.15) is 0 Å². The number of ether oxygens (including phenoxy) is 4. The molecule has 0 heterocycles. The molecule has 0 amide bonds. The molecule has 10 heteroatoms. The van der Waals surface area contributed by atoms with Crippen molar-refractivity contribution >= 4 is 59.4 Å². The van der Waals surface area contributed by atoms with Crippen LogP contribution in [0.25, 0.3) is 0 Å². The summed E-state index contributed by atoms with van der Waals surface area (Å²) >= 11 is 15.8. The second-order valence-electron chi connectivity index (χ2n) is 6.40. The maximum absolute atomic E-state index is 14.1. The lowest BCUT2D eigenvalue weighted by Crippen LogP contribution is -2.05. The van der Waals surface area contributed by atoms with Crippen LogP contribution in [-0.4, -0.2) is 33.5 Å². The summed E-state index contributed by atoms with van der Waals surface area (Å²) in [7, 11) is 6.22. The van der Waals surface area contributed by atoms with Gasteiger partial charge in [-0.25, -0.2) is 4.39 Å². The van der Waals surface area contributed by atoms with Crippen LogP contribution in [0.15, 0.2) is 55.9 Å². The van der Waals surface area contributed by atoms with Gasteiger partial charge >= 0.3 is 0 Å². The molecule has 3 rings (SSSR count). The molecule has 1 unspecified atom stereocenters. The lowest BCUT2D eigenvalue weighted by molar-refractivity contribution is 0.209. The third-order valence-electron chi connectivity index (χ3n) is 4.50. The molecular weight excluding hydrogens is 674 g/mol. The van der Waals surface area contributed by atoms with E-state index in [9.17, 15) is 9.50 Å². The van der Waals surface area contributed by atoms with Crippen LogP contribution in [0.5, 0.6) is 23.0 Å². The molecule has 0 fully saturated rings. The van der Waals surface area contributed by atoms with Gasteiger partial charge in [0, 0.05) is 23.3 Å². The van der Waals surface area contributed by atoms with Crippen LogP contribution in [0.1, 0.15) is 32.1 Å². The van der Waals surface area contributed by atoms with E-state index >= 15 is 0 Å². The van der Waals surface area contributed by atoms with Crippen LogP contribution in [-0.2, 0) is 0 Å². The summed E-state index contributed by atoms with van der Waals surface area (Å²) in [6.45, 7) is 0. The SMILES string of the molecule is C.C.COc1cc(OC)c(Br)cc1Br.COc1cc(OC)c(C(O)c2cccc(Cl)c2F)cc1Br. The third kappa shape index (κ3) is 8.25. The second-order valence-corrected chi connectivity index (χ2v) is 9.37. The topological polar surface area (TPSA) is 57.2 Å². The molecule has 194 valence electrons. The highest BCUT2D eigenvalue weighted by Crippen LogP contribution is 2.39. The minimum absolute atomic E-state index is 0. The Bertz CT molecular complexity index is 1090. The number of aliphatic hydroxyl groups is 1. The van der Waals surface area contributed by atoms with Crippen molar-refractivity contribution in [2.45, 2.75) is 21.0 Å². The molecule has 0 aliphatic rings. The van der Waals surface area contributed by atoms with E-state index in [1.165, 1.54) is 26.4 Å². The average molecular weight is 704 g/mol. The summed E-state index contributed by atoms with van der Waals surface area (Å²) in [6, 6.07) is 11.4. The highest BCUT2D eigenvalue weighted by atomic mass is 79.9. The first-order chi connectivity index (χ1) is 15.7. The van der Waals surface area contributed by atoms with Crippen LogP contribution in [0, 0.1) is 5.82 Å². The molecule has 0 saturated heterocycles. The standard InChI is InChI=1S/C15H13BrClFO3.C8H8Br2O2.2CH4/c1-20-12-7-13(21-2)10(16)6-9(12)15(19)8-4-3-5-11(17)14(8)18;1-11-7-4-8(12-2)6(10)3-5(7)9;;/h3-7,15,19H,1-2H3;3-4H,1-2H3;2*1H4. The van der Waals surface area contributed by atoms with Crippen molar-refractivity contribution < 1.29 is 28.4 Å². The zero-order valence-corrected chi connectivity index (χ0v) is 23.6. The lowest BCUT2D eigenvalue weighted by Gasteiger charge is -2.18. The van der Waals surface area contributed by atoms with Gasteiger partial charge in [0.05, 0.1) is 46.9 Å². The normalized spacial score (nSPS) is 10.6. The highest BCUT2D eigenvalue weighted by Gasteiger charge is 2.22. The number of methoxy groups -OCH3 is 4. The summed E-state index contributed by atoms with van der Waals surface area (Å²) in [5.74, 6) is 1.81. The second kappa shape index (κ2) is 15.6. The van der Waals surface area contributed by atoms with Crippen LogP contribution in [0.2, 0.25) is 5.02 Å². The van der Waals surface area contributed by atoms with Gasteiger partial charge in [0.1, 0.15) is 34.9 Å². The van der Waals surface area contributed by atoms with E-state index in [1.54, 1.807) is 32.4 Å². The summed E-state index contributed by atoms with van der Waals surface area (Å²) < 4.78 is 37.1. The molecule has 1 atom stereocenters. The molecule has 5 nitrogen and oxygen atoms in total. The van der Waals surface area contributed by atoms with Gasteiger partial charge in [0.2, 0.25) is 0 Å². The third-order valence-corrected chi connectivity index (χ3v) is 6.65. The molecule has 0 spiro atoms. The zero-order chi connectivity index (χ0) is 24.7. The summed E-state index contributed by atoms with van der Waals surface area (Å²) in [5.41, 5.74) is 0.490. The maximum atomic E-state index is 14.1. The Labute approximate surface area is 236 Å². The quantitative estimate of drug-likeness (QED) is 0.278. The van der Waals surface area contributed by atoms with E-state index in [-0.39, 0.29) is 25.4 Å². The smallest absolute Gasteiger partial charge is 0.147 e. The summed E-state index contributed by atoms with van der Waals surface area (Å²) in [6.07, 6.45) is -1.21. The van der Waals surface area contributed by atoms with Gasteiger partial charge in [-0.15, -0.1) is 0 Å². The van der Waals surface area contributed by atoms with Gasteiger partial charge < -0.3 is 24.1 Å². The monoisotopic (exact) mass is 700 g/mol. The van der Waals surface area contributed by atoms with E-state index in [2.05, 4.69) is 47.8 Å². The lowest BCUT2D eigenvalue weighted by atomic mass is 10.00. The van der Waals surface area contributed by atoms with Gasteiger partial charge in [-0.05, 0) is 66.0 Å². The fraction of sp³-hybridized carbons (Fsp3) is 0.280. The van der Waals surface area contributed by atoms with Crippen molar-refractivity contribution in [1.82, 2.24) is 0 Å². The van der Waals surface area contributed by atoms with Crippen molar-refractivity contribution in [3.63, 3.8) is 0 Å². The number of aliphatic hydroxyl groups excluding tert-OH is 1. The number of hydrogen-bond acceptors (Lipinski definition) is 5. The summed E-state index contributed by atoms with van der Waals surface area (Å²) in [5, 5.41) is 10.4. The van der Waals surface area contributed by atoms with E-state index < -0.39 is 11.9 Å². The van der Waals surface area contributed by atoms with Gasteiger partial charge in [-0.3, -0.25) is 0 Å². The van der Waals surface area contributed by atoms with Crippen molar-refractivity contribution in [3.8, 4) is 23.0 Å². The minimum Gasteiger partial charge on any atom is -0.496 e. The molecule has 0 saturated carbocycles. The summed E-state index contributed by atoms with van der Waals surface area (Å²) in [4.78, 5) is 0.